The van der Waals surface area contributed by atoms with Crippen LogP contribution in [0.4, 0.5) is 5.69 Å². The van der Waals surface area contributed by atoms with Gasteiger partial charge < -0.3 is 4.90 Å². The van der Waals surface area contributed by atoms with Gasteiger partial charge in [0.05, 0.1) is 4.92 Å². The van der Waals surface area contributed by atoms with Gasteiger partial charge in [0.25, 0.3) is 5.69 Å². The summed E-state index contributed by atoms with van der Waals surface area (Å²) in [4.78, 5) is 18.2. The molecule has 1 heterocycles. The summed E-state index contributed by atoms with van der Waals surface area (Å²) in [5, 5.41) is 11.1. The number of piperazine rings is 1. The Bertz CT molecular complexity index is 1080. The van der Waals surface area contributed by atoms with Crippen LogP contribution in [-0.2, 0) is 0 Å². The molecule has 0 bridgehead atoms. The summed E-state index contributed by atoms with van der Waals surface area (Å²) in [7, 11) is 2.18. The van der Waals surface area contributed by atoms with E-state index >= 15 is 0 Å². The van der Waals surface area contributed by atoms with Crippen LogP contribution in [-0.4, -0.2) is 72.5 Å². The first-order valence-electron chi connectivity index (χ1n) is 12.7. The zero-order valence-electron chi connectivity index (χ0n) is 21.3. The molecule has 0 saturated carbocycles. The van der Waals surface area contributed by atoms with E-state index in [0.717, 1.165) is 51.4 Å². The number of non-ortho nitro benzene ring substituents is 1. The molecular formula is C30H36N4O2. The Morgan fingerprint density at radius 1 is 0.917 bits per heavy atom. The van der Waals surface area contributed by atoms with Gasteiger partial charge in [-0.05, 0) is 36.2 Å². The van der Waals surface area contributed by atoms with E-state index in [9.17, 15) is 10.1 Å². The van der Waals surface area contributed by atoms with Crippen molar-refractivity contribution in [2.45, 2.75) is 13.0 Å². The Balaban J connectivity index is 1.58. The molecule has 0 aliphatic carbocycles. The molecular weight excluding hydrogens is 448 g/mol. The van der Waals surface area contributed by atoms with Crippen molar-refractivity contribution in [3.05, 3.63) is 118 Å². The van der Waals surface area contributed by atoms with Gasteiger partial charge in [0, 0.05) is 64.0 Å². The van der Waals surface area contributed by atoms with Crippen molar-refractivity contribution in [3.63, 3.8) is 0 Å². The smallest absolute Gasteiger partial charge is 0.269 e. The van der Waals surface area contributed by atoms with E-state index in [4.69, 9.17) is 0 Å². The molecule has 36 heavy (non-hydrogen) atoms. The third-order valence-corrected chi connectivity index (χ3v) is 7.13. The molecule has 4 rings (SSSR count). The molecule has 0 amide bonds. The molecule has 0 N–H and O–H groups in total. The van der Waals surface area contributed by atoms with E-state index in [1.54, 1.807) is 12.1 Å². The predicted octanol–water partition coefficient (Wildman–Crippen LogP) is 5.34. The molecule has 0 aromatic heterocycles. The van der Waals surface area contributed by atoms with Crippen molar-refractivity contribution in [1.82, 2.24) is 14.7 Å². The summed E-state index contributed by atoms with van der Waals surface area (Å²) in [5.41, 5.74) is 4.84. The fourth-order valence-electron chi connectivity index (χ4n) is 4.72. The average Bonchev–Trinajstić information content (AvgIpc) is 2.92. The SMILES string of the molecule is CC(c1ccc([N+](=O)[O-])cc1)N(CC=C(c1ccccc1)c1ccccc1)CCN1CCN(C)CC1. The van der Waals surface area contributed by atoms with Gasteiger partial charge in [-0.15, -0.1) is 0 Å². The summed E-state index contributed by atoms with van der Waals surface area (Å²) in [6.45, 7) is 9.29. The molecule has 0 spiro atoms. The van der Waals surface area contributed by atoms with Crippen LogP contribution in [0, 0.1) is 10.1 Å². The molecule has 3 aromatic carbocycles. The lowest BCUT2D eigenvalue weighted by molar-refractivity contribution is -0.384. The zero-order valence-corrected chi connectivity index (χ0v) is 21.3. The number of benzene rings is 3. The molecule has 0 radical (unpaired) electrons. The molecule has 6 heteroatoms. The lowest BCUT2D eigenvalue weighted by Gasteiger charge is -2.35. The van der Waals surface area contributed by atoms with Crippen molar-refractivity contribution >= 4 is 11.3 Å². The third kappa shape index (κ3) is 6.88. The number of rotatable bonds is 10. The predicted molar refractivity (Wildman–Crippen MR) is 147 cm³/mol. The van der Waals surface area contributed by atoms with E-state index in [0.29, 0.717) is 0 Å². The highest BCUT2D eigenvalue weighted by molar-refractivity contribution is 5.79. The summed E-state index contributed by atoms with van der Waals surface area (Å²) in [5.74, 6) is 0. The van der Waals surface area contributed by atoms with Gasteiger partial charge in [0.2, 0.25) is 0 Å². The number of hydrogen-bond acceptors (Lipinski definition) is 5. The monoisotopic (exact) mass is 484 g/mol. The van der Waals surface area contributed by atoms with E-state index in [1.807, 2.05) is 24.3 Å². The van der Waals surface area contributed by atoms with Gasteiger partial charge in [0.15, 0.2) is 0 Å². The summed E-state index contributed by atoms with van der Waals surface area (Å²) < 4.78 is 0. The van der Waals surface area contributed by atoms with Crippen molar-refractivity contribution in [3.8, 4) is 0 Å². The number of likely N-dealkylation sites (N-methyl/N-ethyl adjacent to an activating group) is 1. The maximum atomic E-state index is 11.1. The molecule has 1 atom stereocenters. The normalized spacial score (nSPS) is 15.5. The maximum Gasteiger partial charge on any atom is 0.269 e. The molecule has 1 fully saturated rings. The van der Waals surface area contributed by atoms with Crippen molar-refractivity contribution in [2.24, 2.45) is 0 Å². The minimum Gasteiger partial charge on any atom is -0.304 e. The highest BCUT2D eigenvalue weighted by Gasteiger charge is 2.20. The quantitative estimate of drug-likeness (QED) is 0.287. The van der Waals surface area contributed by atoms with Crippen LogP contribution in [0.15, 0.2) is 91.0 Å². The third-order valence-electron chi connectivity index (χ3n) is 7.13. The maximum absolute atomic E-state index is 11.1. The van der Waals surface area contributed by atoms with Crippen LogP contribution >= 0.6 is 0 Å². The standard InChI is InChI=1S/C30H36N4O2/c1-25(26-13-15-29(16-14-26)34(35)36)33(24-23-32-21-19-31(2)20-22-32)18-17-30(27-9-5-3-6-10-27)28-11-7-4-8-12-28/h3-17,25H,18-24H2,1-2H3. The molecule has 3 aromatic rings. The fraction of sp³-hybridized carbons (Fsp3) is 0.333. The van der Waals surface area contributed by atoms with Gasteiger partial charge in [-0.3, -0.25) is 19.9 Å². The topological polar surface area (TPSA) is 52.9 Å². The minimum atomic E-state index is -0.339. The highest BCUT2D eigenvalue weighted by Crippen LogP contribution is 2.26. The Labute approximate surface area is 214 Å². The first-order valence-corrected chi connectivity index (χ1v) is 12.7. The van der Waals surface area contributed by atoms with Gasteiger partial charge in [-0.2, -0.15) is 0 Å². The van der Waals surface area contributed by atoms with Crippen molar-refractivity contribution < 1.29 is 4.92 Å². The van der Waals surface area contributed by atoms with Crippen LogP contribution in [0.25, 0.3) is 5.57 Å². The van der Waals surface area contributed by atoms with Crippen molar-refractivity contribution in [1.29, 1.82) is 0 Å². The zero-order chi connectivity index (χ0) is 25.3. The van der Waals surface area contributed by atoms with Crippen LogP contribution < -0.4 is 0 Å². The molecule has 1 aliphatic rings. The van der Waals surface area contributed by atoms with Gasteiger partial charge in [-0.25, -0.2) is 0 Å². The largest absolute Gasteiger partial charge is 0.304 e. The summed E-state index contributed by atoms with van der Waals surface area (Å²) >= 11 is 0. The van der Waals surface area contributed by atoms with E-state index in [-0.39, 0.29) is 16.7 Å². The first-order chi connectivity index (χ1) is 17.5. The van der Waals surface area contributed by atoms with Gasteiger partial charge in [-0.1, -0.05) is 78.9 Å². The highest BCUT2D eigenvalue weighted by atomic mass is 16.6. The number of nitrogens with zero attached hydrogens (tertiary/aromatic N) is 4. The van der Waals surface area contributed by atoms with Crippen LogP contribution in [0.5, 0.6) is 0 Å². The van der Waals surface area contributed by atoms with Crippen LogP contribution in [0.2, 0.25) is 0 Å². The minimum absolute atomic E-state index is 0.127. The van der Waals surface area contributed by atoms with Gasteiger partial charge >= 0.3 is 0 Å². The lowest BCUT2D eigenvalue weighted by Crippen LogP contribution is -2.47. The number of hydrogen-bond donors (Lipinski definition) is 0. The first kappa shape index (κ1) is 25.8. The number of nitro benzene ring substituents is 1. The molecule has 188 valence electrons. The molecule has 1 unspecified atom stereocenters. The second-order valence-electron chi connectivity index (χ2n) is 9.51. The Morgan fingerprint density at radius 2 is 1.47 bits per heavy atom. The second-order valence-corrected chi connectivity index (χ2v) is 9.51. The average molecular weight is 485 g/mol. The number of nitro groups is 1. The molecule has 1 saturated heterocycles. The molecule has 1 aliphatic heterocycles. The molecule has 6 nitrogen and oxygen atoms in total. The Hall–Kier alpha value is -3.32. The Morgan fingerprint density at radius 3 is 2.00 bits per heavy atom. The Kier molecular flexibility index (Phi) is 9.01. The van der Waals surface area contributed by atoms with E-state index < -0.39 is 0 Å². The lowest BCUT2D eigenvalue weighted by atomic mass is 9.97. The van der Waals surface area contributed by atoms with Crippen molar-refractivity contribution in [2.75, 3.05) is 52.9 Å². The van der Waals surface area contributed by atoms with Gasteiger partial charge in [0.1, 0.15) is 0 Å². The van der Waals surface area contributed by atoms with Crippen LogP contribution in [0.3, 0.4) is 0 Å². The van der Waals surface area contributed by atoms with E-state index in [1.165, 1.54) is 16.7 Å². The van der Waals surface area contributed by atoms with Crippen LogP contribution in [0.1, 0.15) is 29.7 Å². The summed E-state index contributed by atoms with van der Waals surface area (Å²) in [6.07, 6.45) is 2.33. The van der Waals surface area contributed by atoms with E-state index in [2.05, 4.69) is 83.3 Å². The second kappa shape index (κ2) is 12.6. The summed E-state index contributed by atoms with van der Waals surface area (Å²) in [6, 6.07) is 28.2. The fourth-order valence-corrected chi connectivity index (χ4v) is 4.72.